The molecule has 8 nitrogen and oxygen atoms in total. The van der Waals surface area contributed by atoms with Crippen LogP contribution in [0.5, 0.6) is 0 Å². The van der Waals surface area contributed by atoms with E-state index in [0.29, 0.717) is 25.2 Å². The van der Waals surface area contributed by atoms with E-state index in [1.54, 1.807) is 11.8 Å². The molecule has 8 heteroatoms. The number of hydrogen-bond acceptors (Lipinski definition) is 5. The summed E-state index contributed by atoms with van der Waals surface area (Å²) < 4.78 is 0. The van der Waals surface area contributed by atoms with Gasteiger partial charge in [0.15, 0.2) is 0 Å². The van der Waals surface area contributed by atoms with Gasteiger partial charge in [-0.15, -0.1) is 10.2 Å². The summed E-state index contributed by atoms with van der Waals surface area (Å²) in [6.45, 7) is 2.50. The van der Waals surface area contributed by atoms with Crippen LogP contribution in [0.15, 0.2) is 30.3 Å². The predicted octanol–water partition coefficient (Wildman–Crippen LogP) is 1.22. The lowest BCUT2D eigenvalue weighted by atomic mass is 9.98. The summed E-state index contributed by atoms with van der Waals surface area (Å²) in [5.74, 6) is -1.08. The number of carboxylic acids is 1. The van der Waals surface area contributed by atoms with Crippen molar-refractivity contribution < 1.29 is 14.7 Å². The highest BCUT2D eigenvalue weighted by Crippen LogP contribution is 2.20. The van der Waals surface area contributed by atoms with Crippen LogP contribution in [0.25, 0.3) is 11.4 Å². The van der Waals surface area contributed by atoms with Crippen LogP contribution in [-0.4, -0.2) is 55.2 Å². The summed E-state index contributed by atoms with van der Waals surface area (Å²) >= 11 is 0. The van der Waals surface area contributed by atoms with E-state index in [2.05, 4.69) is 15.4 Å². The molecule has 1 aliphatic rings. The van der Waals surface area contributed by atoms with Gasteiger partial charge in [-0.2, -0.15) is 4.80 Å². The van der Waals surface area contributed by atoms with Gasteiger partial charge in [0.25, 0.3) is 0 Å². The molecule has 1 amide bonds. The summed E-state index contributed by atoms with van der Waals surface area (Å²) in [6.07, 6.45) is 1.29. The Morgan fingerprint density at radius 2 is 2.04 bits per heavy atom. The van der Waals surface area contributed by atoms with Crippen molar-refractivity contribution in [2.45, 2.75) is 25.8 Å². The van der Waals surface area contributed by atoms with Gasteiger partial charge in [-0.25, -0.2) is 0 Å². The van der Waals surface area contributed by atoms with Crippen LogP contribution >= 0.6 is 0 Å². The second-order valence-corrected chi connectivity index (χ2v) is 5.94. The van der Waals surface area contributed by atoms with Crippen LogP contribution < -0.4 is 0 Å². The van der Waals surface area contributed by atoms with Crippen LogP contribution in [-0.2, 0) is 9.59 Å². The first-order valence-electron chi connectivity index (χ1n) is 7.93. The molecular weight excluding hydrogens is 310 g/mol. The lowest BCUT2D eigenvalue weighted by Gasteiger charge is -2.32. The smallest absolute Gasteiger partial charge is 0.308 e. The van der Waals surface area contributed by atoms with Crippen molar-refractivity contribution in [1.82, 2.24) is 25.1 Å². The van der Waals surface area contributed by atoms with Crippen molar-refractivity contribution in [2.75, 3.05) is 13.1 Å². The first-order chi connectivity index (χ1) is 11.6. The molecule has 0 radical (unpaired) electrons. The standard InChI is InChI=1S/C16H19N5O3/c1-11(15(22)20-9-5-8-13(10-20)16(23)24)21-18-14(17-19-21)12-6-3-2-4-7-12/h2-4,6-7,11,13H,5,8-10H2,1H3,(H,23,24)/t11-,13+/m0/s1. The molecule has 1 N–H and O–H groups in total. The number of carbonyl (C=O) groups excluding carboxylic acids is 1. The van der Waals surface area contributed by atoms with E-state index < -0.39 is 17.9 Å². The zero-order chi connectivity index (χ0) is 17.1. The summed E-state index contributed by atoms with van der Waals surface area (Å²) in [7, 11) is 0. The lowest BCUT2D eigenvalue weighted by Crippen LogP contribution is -2.45. The maximum Gasteiger partial charge on any atom is 0.308 e. The van der Waals surface area contributed by atoms with Gasteiger partial charge >= 0.3 is 5.97 Å². The fourth-order valence-electron chi connectivity index (χ4n) is 2.83. The summed E-state index contributed by atoms with van der Waals surface area (Å²) in [4.78, 5) is 26.6. The fourth-order valence-corrected chi connectivity index (χ4v) is 2.83. The van der Waals surface area contributed by atoms with Gasteiger partial charge in [-0.3, -0.25) is 9.59 Å². The molecule has 2 atom stereocenters. The molecule has 1 fully saturated rings. The number of piperidine rings is 1. The van der Waals surface area contributed by atoms with Crippen LogP contribution in [0.1, 0.15) is 25.8 Å². The topological polar surface area (TPSA) is 101 Å². The van der Waals surface area contributed by atoms with Crippen molar-refractivity contribution in [3.8, 4) is 11.4 Å². The van der Waals surface area contributed by atoms with Crippen LogP contribution in [0.4, 0.5) is 0 Å². The highest BCUT2D eigenvalue weighted by atomic mass is 16.4. The largest absolute Gasteiger partial charge is 0.481 e. The van der Waals surface area contributed by atoms with E-state index in [9.17, 15) is 9.59 Å². The Morgan fingerprint density at radius 3 is 2.75 bits per heavy atom. The monoisotopic (exact) mass is 329 g/mol. The Morgan fingerprint density at radius 1 is 1.29 bits per heavy atom. The summed E-state index contributed by atoms with van der Waals surface area (Å²) in [6, 6.07) is 8.78. The number of benzene rings is 1. The van der Waals surface area contributed by atoms with Gasteiger partial charge in [0, 0.05) is 18.7 Å². The zero-order valence-corrected chi connectivity index (χ0v) is 13.4. The first-order valence-corrected chi connectivity index (χ1v) is 7.93. The highest BCUT2D eigenvalue weighted by molar-refractivity contribution is 5.81. The summed E-state index contributed by atoms with van der Waals surface area (Å²) in [5, 5.41) is 21.4. The Hall–Kier alpha value is -2.77. The Bertz CT molecular complexity index is 730. The van der Waals surface area contributed by atoms with E-state index in [1.807, 2.05) is 30.3 Å². The molecule has 0 spiro atoms. The number of aliphatic carboxylic acids is 1. The minimum Gasteiger partial charge on any atom is -0.481 e. The molecule has 1 aromatic carbocycles. The predicted molar refractivity (Wildman–Crippen MR) is 84.9 cm³/mol. The number of tetrazole rings is 1. The molecule has 1 aliphatic heterocycles. The molecule has 1 saturated heterocycles. The van der Waals surface area contributed by atoms with Gasteiger partial charge in [0.1, 0.15) is 6.04 Å². The lowest BCUT2D eigenvalue weighted by molar-refractivity contribution is -0.146. The van der Waals surface area contributed by atoms with Crippen molar-refractivity contribution in [3.63, 3.8) is 0 Å². The minimum absolute atomic E-state index is 0.182. The van der Waals surface area contributed by atoms with E-state index >= 15 is 0 Å². The average molecular weight is 329 g/mol. The SMILES string of the molecule is C[C@@H](C(=O)N1CCC[C@@H](C(=O)O)C1)n1nnc(-c2ccccc2)n1. The number of aromatic nitrogens is 4. The number of hydrogen-bond donors (Lipinski definition) is 1. The number of likely N-dealkylation sites (tertiary alicyclic amines) is 1. The Kier molecular flexibility index (Phi) is 4.54. The molecule has 3 rings (SSSR count). The molecule has 0 aliphatic carbocycles. The Labute approximate surface area is 139 Å². The molecule has 126 valence electrons. The van der Waals surface area contributed by atoms with Gasteiger partial charge in [0.2, 0.25) is 11.7 Å². The number of nitrogens with zero attached hydrogens (tertiary/aromatic N) is 5. The number of carbonyl (C=O) groups is 2. The molecule has 2 aromatic rings. The van der Waals surface area contributed by atoms with Crippen LogP contribution in [0, 0.1) is 5.92 Å². The molecule has 1 aromatic heterocycles. The average Bonchev–Trinajstić information content (AvgIpc) is 3.11. The van der Waals surface area contributed by atoms with Gasteiger partial charge in [0.05, 0.1) is 5.92 Å². The van der Waals surface area contributed by atoms with Gasteiger partial charge in [-0.1, -0.05) is 30.3 Å². The maximum atomic E-state index is 12.6. The van der Waals surface area contributed by atoms with Crippen LogP contribution in [0.2, 0.25) is 0 Å². The van der Waals surface area contributed by atoms with Gasteiger partial charge < -0.3 is 10.0 Å². The van der Waals surface area contributed by atoms with Crippen LogP contribution in [0.3, 0.4) is 0 Å². The summed E-state index contributed by atoms with van der Waals surface area (Å²) in [5.41, 5.74) is 0.826. The minimum atomic E-state index is -0.856. The quantitative estimate of drug-likeness (QED) is 0.905. The third kappa shape index (κ3) is 3.27. The number of amides is 1. The molecule has 2 heterocycles. The second kappa shape index (κ2) is 6.77. The number of rotatable bonds is 4. The Balaban J connectivity index is 1.72. The zero-order valence-electron chi connectivity index (χ0n) is 13.4. The van der Waals surface area contributed by atoms with E-state index in [4.69, 9.17) is 5.11 Å². The van der Waals surface area contributed by atoms with Crippen molar-refractivity contribution in [2.24, 2.45) is 5.92 Å². The van der Waals surface area contributed by atoms with Crippen molar-refractivity contribution in [1.29, 1.82) is 0 Å². The van der Waals surface area contributed by atoms with E-state index in [0.717, 1.165) is 5.56 Å². The third-order valence-electron chi connectivity index (χ3n) is 4.25. The highest BCUT2D eigenvalue weighted by Gasteiger charge is 2.31. The normalized spacial score (nSPS) is 19.0. The van der Waals surface area contributed by atoms with Crippen molar-refractivity contribution >= 4 is 11.9 Å². The molecule has 0 saturated carbocycles. The second-order valence-electron chi connectivity index (χ2n) is 5.94. The molecular formula is C16H19N5O3. The molecule has 24 heavy (non-hydrogen) atoms. The van der Waals surface area contributed by atoms with E-state index in [1.165, 1.54) is 4.80 Å². The third-order valence-corrected chi connectivity index (χ3v) is 4.25. The molecule has 0 unspecified atom stereocenters. The maximum absolute atomic E-state index is 12.6. The number of carboxylic acid groups (broad SMARTS) is 1. The van der Waals surface area contributed by atoms with Crippen molar-refractivity contribution in [3.05, 3.63) is 30.3 Å². The molecule has 0 bridgehead atoms. The van der Waals surface area contributed by atoms with Gasteiger partial charge in [-0.05, 0) is 25.0 Å². The first kappa shape index (κ1) is 16.1. The van der Waals surface area contributed by atoms with E-state index in [-0.39, 0.29) is 12.5 Å². The fraction of sp³-hybridized carbons (Fsp3) is 0.438.